The van der Waals surface area contributed by atoms with Crippen molar-refractivity contribution in [1.82, 2.24) is 5.43 Å². The molecule has 0 radical (unpaired) electrons. The van der Waals surface area contributed by atoms with Gasteiger partial charge in [0.25, 0.3) is 0 Å². The maximum absolute atomic E-state index is 6.12. The van der Waals surface area contributed by atoms with E-state index in [0.29, 0.717) is 10.9 Å². The van der Waals surface area contributed by atoms with Crippen molar-refractivity contribution in [3.8, 4) is 0 Å². The van der Waals surface area contributed by atoms with Gasteiger partial charge in [0, 0.05) is 9.50 Å². The lowest BCUT2D eigenvalue weighted by molar-refractivity contribution is 0.626. The molecule has 0 bridgehead atoms. The van der Waals surface area contributed by atoms with E-state index in [1.807, 2.05) is 18.2 Å². The van der Waals surface area contributed by atoms with Gasteiger partial charge < -0.3 is 0 Å². The van der Waals surface area contributed by atoms with Crippen molar-refractivity contribution in [2.24, 2.45) is 11.8 Å². The number of nitrogens with two attached hydrogens (primary N) is 1. The van der Waals surface area contributed by atoms with Crippen molar-refractivity contribution in [3.05, 3.63) is 68.7 Å². The zero-order chi connectivity index (χ0) is 15.4. The number of rotatable bonds is 5. The molecule has 0 spiro atoms. The van der Waals surface area contributed by atoms with Gasteiger partial charge >= 0.3 is 0 Å². The summed E-state index contributed by atoms with van der Waals surface area (Å²) in [5.41, 5.74) is 6.39. The molecule has 2 aromatic carbocycles. The average Bonchev–Trinajstić information content (AvgIpc) is 2.43. The van der Waals surface area contributed by atoms with Crippen molar-refractivity contribution in [2.75, 3.05) is 0 Å². The van der Waals surface area contributed by atoms with Crippen LogP contribution in [-0.4, -0.2) is 0 Å². The third-order valence-electron chi connectivity index (χ3n) is 3.36. The minimum Gasteiger partial charge on any atom is -0.271 e. The zero-order valence-corrected chi connectivity index (χ0v) is 14.6. The molecule has 112 valence electrons. The second-order valence-electron chi connectivity index (χ2n) is 5.61. The largest absolute Gasteiger partial charge is 0.271 e. The first-order chi connectivity index (χ1) is 10.0. The molecule has 0 aromatic heterocycles. The molecule has 4 heteroatoms. The molecule has 2 nitrogen and oxygen atoms in total. The second kappa shape index (κ2) is 7.41. The summed E-state index contributed by atoms with van der Waals surface area (Å²) in [7, 11) is 0. The lowest BCUT2D eigenvalue weighted by Crippen LogP contribution is -2.29. The van der Waals surface area contributed by atoms with Gasteiger partial charge in [-0.15, -0.1) is 0 Å². The molecule has 0 heterocycles. The molecule has 0 aliphatic heterocycles. The maximum atomic E-state index is 6.12. The average molecular weight is 368 g/mol. The van der Waals surface area contributed by atoms with Crippen LogP contribution in [0.5, 0.6) is 0 Å². The highest BCUT2D eigenvalue weighted by atomic mass is 79.9. The fourth-order valence-corrected chi connectivity index (χ4v) is 3.13. The Morgan fingerprint density at radius 3 is 2.62 bits per heavy atom. The normalized spacial score (nSPS) is 12.7. The smallest absolute Gasteiger partial charge is 0.0721 e. The summed E-state index contributed by atoms with van der Waals surface area (Å²) in [5, 5.41) is 0.701. The Hall–Kier alpha value is -0.870. The van der Waals surface area contributed by atoms with E-state index < -0.39 is 0 Å². The number of hydrazine groups is 1. The van der Waals surface area contributed by atoms with Crippen LogP contribution in [0.2, 0.25) is 5.02 Å². The van der Waals surface area contributed by atoms with Gasteiger partial charge in [0.05, 0.1) is 6.04 Å². The van der Waals surface area contributed by atoms with E-state index in [4.69, 9.17) is 17.4 Å². The number of hydrogen-bond acceptors (Lipinski definition) is 2. The molecular weight excluding hydrogens is 348 g/mol. The molecule has 0 saturated heterocycles. The first-order valence-corrected chi connectivity index (χ1v) is 8.18. The lowest BCUT2D eigenvalue weighted by atomic mass is 9.95. The Morgan fingerprint density at radius 2 is 1.95 bits per heavy atom. The van der Waals surface area contributed by atoms with Crippen LogP contribution in [0, 0.1) is 5.92 Å². The van der Waals surface area contributed by atoms with Gasteiger partial charge in [0.15, 0.2) is 0 Å². The highest BCUT2D eigenvalue weighted by Gasteiger charge is 2.16. The fraction of sp³-hybridized carbons (Fsp3) is 0.294. The minimum absolute atomic E-state index is 0.0924. The number of hydrogen-bond donors (Lipinski definition) is 2. The summed E-state index contributed by atoms with van der Waals surface area (Å²) in [4.78, 5) is 0. The standard InChI is InChI=1S/C17H20BrClN2/c1-11(2)8-12-4-3-5-13(9-12)17(21-20)15-10-14(19)6-7-16(15)18/h3-7,9-11,17,21H,8,20H2,1-2H3. The van der Waals surface area contributed by atoms with E-state index in [-0.39, 0.29) is 6.04 Å². The summed E-state index contributed by atoms with van der Waals surface area (Å²) in [6.07, 6.45) is 1.06. The topological polar surface area (TPSA) is 38.0 Å². The Bertz CT molecular complexity index is 613. The summed E-state index contributed by atoms with van der Waals surface area (Å²) >= 11 is 9.69. The highest BCUT2D eigenvalue weighted by molar-refractivity contribution is 9.10. The first kappa shape index (κ1) is 16.5. The van der Waals surface area contributed by atoms with E-state index in [1.54, 1.807) is 0 Å². The summed E-state index contributed by atoms with van der Waals surface area (Å²) in [6, 6.07) is 14.2. The summed E-state index contributed by atoms with van der Waals surface area (Å²) in [6.45, 7) is 4.44. The van der Waals surface area contributed by atoms with Crippen molar-refractivity contribution in [3.63, 3.8) is 0 Å². The van der Waals surface area contributed by atoms with E-state index in [0.717, 1.165) is 22.0 Å². The maximum Gasteiger partial charge on any atom is 0.0721 e. The third kappa shape index (κ3) is 4.30. The van der Waals surface area contributed by atoms with Crippen LogP contribution in [0.4, 0.5) is 0 Å². The van der Waals surface area contributed by atoms with Crippen LogP contribution in [-0.2, 0) is 6.42 Å². The molecular formula is C17H20BrClN2. The SMILES string of the molecule is CC(C)Cc1cccc(C(NN)c2cc(Cl)ccc2Br)c1. The molecule has 2 aromatic rings. The van der Waals surface area contributed by atoms with Gasteiger partial charge in [-0.1, -0.05) is 65.6 Å². The van der Waals surface area contributed by atoms with E-state index in [1.165, 1.54) is 5.56 Å². The van der Waals surface area contributed by atoms with Crippen LogP contribution < -0.4 is 11.3 Å². The van der Waals surface area contributed by atoms with Crippen LogP contribution >= 0.6 is 27.5 Å². The second-order valence-corrected chi connectivity index (χ2v) is 6.90. The van der Waals surface area contributed by atoms with Gasteiger partial charge in [0.2, 0.25) is 0 Å². The summed E-state index contributed by atoms with van der Waals surface area (Å²) in [5.74, 6) is 6.42. The molecule has 1 unspecified atom stereocenters. The third-order valence-corrected chi connectivity index (χ3v) is 4.32. The molecule has 1 atom stereocenters. The van der Waals surface area contributed by atoms with Gasteiger partial charge in [0.1, 0.15) is 0 Å². The van der Waals surface area contributed by atoms with Gasteiger partial charge in [-0.3, -0.25) is 5.84 Å². The molecule has 3 N–H and O–H groups in total. The highest BCUT2D eigenvalue weighted by Crippen LogP contribution is 2.31. The Morgan fingerprint density at radius 1 is 1.19 bits per heavy atom. The fourth-order valence-electron chi connectivity index (χ4n) is 2.47. The molecule has 0 aliphatic rings. The molecule has 2 rings (SSSR count). The van der Waals surface area contributed by atoms with Crippen molar-refractivity contribution < 1.29 is 0 Å². The van der Waals surface area contributed by atoms with E-state index >= 15 is 0 Å². The number of nitrogens with one attached hydrogen (secondary N) is 1. The molecule has 0 amide bonds. The zero-order valence-electron chi connectivity index (χ0n) is 12.2. The van der Waals surface area contributed by atoms with Gasteiger partial charge in [-0.05, 0) is 47.2 Å². The molecule has 0 aliphatic carbocycles. The van der Waals surface area contributed by atoms with Crippen molar-refractivity contribution in [1.29, 1.82) is 0 Å². The monoisotopic (exact) mass is 366 g/mol. The Kier molecular flexibility index (Phi) is 5.82. The molecule has 21 heavy (non-hydrogen) atoms. The first-order valence-electron chi connectivity index (χ1n) is 7.01. The lowest BCUT2D eigenvalue weighted by Gasteiger charge is -2.20. The van der Waals surface area contributed by atoms with Crippen LogP contribution in [0.15, 0.2) is 46.9 Å². The Balaban J connectivity index is 2.39. The minimum atomic E-state index is -0.0924. The Labute approximate surface area is 139 Å². The predicted octanol–water partition coefficient (Wildman–Crippen LogP) is 4.85. The van der Waals surface area contributed by atoms with Crippen molar-refractivity contribution >= 4 is 27.5 Å². The predicted molar refractivity (Wildman–Crippen MR) is 93.3 cm³/mol. The number of halogens is 2. The van der Waals surface area contributed by atoms with Crippen LogP contribution in [0.25, 0.3) is 0 Å². The van der Waals surface area contributed by atoms with Crippen LogP contribution in [0.1, 0.15) is 36.6 Å². The summed E-state index contributed by atoms with van der Waals surface area (Å²) < 4.78 is 0.990. The van der Waals surface area contributed by atoms with Crippen LogP contribution in [0.3, 0.4) is 0 Å². The number of benzene rings is 2. The molecule has 0 saturated carbocycles. The van der Waals surface area contributed by atoms with Crippen molar-refractivity contribution in [2.45, 2.75) is 26.3 Å². The molecule has 0 fully saturated rings. The van der Waals surface area contributed by atoms with E-state index in [2.05, 4.69) is 59.5 Å². The van der Waals surface area contributed by atoms with Gasteiger partial charge in [-0.25, -0.2) is 5.43 Å². The quantitative estimate of drug-likeness (QED) is 0.585. The van der Waals surface area contributed by atoms with E-state index in [9.17, 15) is 0 Å². The van der Waals surface area contributed by atoms with Gasteiger partial charge in [-0.2, -0.15) is 0 Å².